The Morgan fingerprint density at radius 3 is 2.50 bits per heavy atom. The Morgan fingerprint density at radius 1 is 1.00 bits per heavy atom. The molecule has 0 N–H and O–H groups in total. The van der Waals surface area contributed by atoms with E-state index in [0.29, 0.717) is 33.7 Å². The molecule has 1 aliphatic rings. The molecular formula is C24H16BrCl2NO4. The normalized spacial score (nSPS) is 14.3. The second-order valence-electron chi connectivity index (χ2n) is 6.79. The van der Waals surface area contributed by atoms with Gasteiger partial charge in [-0.15, -0.1) is 0 Å². The number of halogens is 3. The molecule has 3 aromatic rings. The van der Waals surface area contributed by atoms with Crippen molar-refractivity contribution in [3.63, 3.8) is 0 Å². The highest BCUT2D eigenvalue weighted by Gasteiger charge is 2.24. The van der Waals surface area contributed by atoms with Crippen LogP contribution < -0.4 is 9.47 Å². The Kier molecular flexibility index (Phi) is 6.84. The number of hydrogen-bond donors (Lipinski definition) is 0. The van der Waals surface area contributed by atoms with Crippen LogP contribution in [0.2, 0.25) is 10.0 Å². The van der Waals surface area contributed by atoms with Crippen molar-refractivity contribution in [3.05, 3.63) is 97.6 Å². The molecular weight excluding hydrogens is 517 g/mol. The summed E-state index contributed by atoms with van der Waals surface area (Å²) in [6, 6.07) is 18.0. The van der Waals surface area contributed by atoms with Gasteiger partial charge in [-0.3, -0.25) is 0 Å². The van der Waals surface area contributed by atoms with Crippen LogP contribution in [0.1, 0.15) is 16.7 Å². The third-order valence-electron chi connectivity index (χ3n) is 4.58. The maximum Gasteiger partial charge on any atom is 0.363 e. The van der Waals surface area contributed by atoms with Crippen LogP contribution in [-0.4, -0.2) is 19.0 Å². The summed E-state index contributed by atoms with van der Waals surface area (Å²) in [6.07, 6.45) is 1.64. The van der Waals surface area contributed by atoms with Crippen molar-refractivity contribution in [1.29, 1.82) is 0 Å². The molecule has 0 amide bonds. The van der Waals surface area contributed by atoms with Gasteiger partial charge >= 0.3 is 5.97 Å². The van der Waals surface area contributed by atoms with Gasteiger partial charge in [-0.2, -0.15) is 0 Å². The third-order valence-corrected chi connectivity index (χ3v) is 5.85. The fourth-order valence-corrected chi connectivity index (χ4v) is 3.55. The molecule has 0 saturated carbocycles. The number of nitrogens with zero attached hydrogens (tertiary/aromatic N) is 1. The van der Waals surface area contributed by atoms with Crippen LogP contribution in [0.3, 0.4) is 0 Å². The number of carbonyl (C=O) groups excluding carboxylic acids is 1. The molecule has 162 valence electrons. The Bertz CT molecular complexity index is 1240. The molecule has 0 bridgehead atoms. The number of esters is 1. The first kappa shape index (κ1) is 22.4. The van der Waals surface area contributed by atoms with Crippen molar-refractivity contribution in [2.24, 2.45) is 4.99 Å². The smallest absolute Gasteiger partial charge is 0.363 e. The molecule has 0 aliphatic carbocycles. The summed E-state index contributed by atoms with van der Waals surface area (Å²) < 4.78 is 17.6. The molecule has 0 saturated heterocycles. The summed E-state index contributed by atoms with van der Waals surface area (Å²) in [5.41, 5.74) is 2.51. The van der Waals surface area contributed by atoms with Crippen LogP contribution in [0.4, 0.5) is 0 Å². The number of aliphatic imine (C=N–C) groups is 1. The van der Waals surface area contributed by atoms with Gasteiger partial charge in [0.05, 0.1) is 17.2 Å². The standard InChI is InChI=1S/C24H16BrCl2NO4/c1-30-22-12-14(3-9-21(22)31-13-15-2-8-18(26)19(27)10-15)11-20-24(29)32-23(28-20)16-4-6-17(25)7-5-16/h2-12H,13H2,1H3/b20-11-. The van der Waals surface area contributed by atoms with Crippen LogP contribution in [0.5, 0.6) is 11.5 Å². The number of rotatable bonds is 6. The van der Waals surface area contributed by atoms with E-state index in [0.717, 1.165) is 15.6 Å². The minimum atomic E-state index is -0.512. The molecule has 3 aromatic carbocycles. The number of ether oxygens (including phenoxy) is 3. The lowest BCUT2D eigenvalue weighted by molar-refractivity contribution is -0.129. The molecule has 1 aliphatic heterocycles. The lowest BCUT2D eigenvalue weighted by Gasteiger charge is -2.12. The molecule has 0 spiro atoms. The summed E-state index contributed by atoms with van der Waals surface area (Å²) in [5, 5.41) is 0.954. The van der Waals surface area contributed by atoms with E-state index >= 15 is 0 Å². The van der Waals surface area contributed by atoms with E-state index in [1.54, 1.807) is 43.5 Å². The summed E-state index contributed by atoms with van der Waals surface area (Å²) in [4.78, 5) is 16.6. The molecule has 0 aromatic heterocycles. The van der Waals surface area contributed by atoms with Gasteiger partial charge in [0.2, 0.25) is 5.90 Å². The fraction of sp³-hybridized carbons (Fsp3) is 0.0833. The topological polar surface area (TPSA) is 57.1 Å². The lowest BCUT2D eigenvalue weighted by atomic mass is 10.1. The van der Waals surface area contributed by atoms with Crippen molar-refractivity contribution in [1.82, 2.24) is 0 Å². The average Bonchev–Trinajstić information content (AvgIpc) is 3.15. The summed E-state index contributed by atoms with van der Waals surface area (Å²) in [6.45, 7) is 0.293. The van der Waals surface area contributed by atoms with Crippen molar-refractivity contribution >= 4 is 57.1 Å². The molecule has 0 fully saturated rings. The Balaban J connectivity index is 1.53. The second kappa shape index (κ2) is 9.77. The molecule has 32 heavy (non-hydrogen) atoms. The predicted octanol–water partition coefficient (Wildman–Crippen LogP) is 6.69. The van der Waals surface area contributed by atoms with Crippen molar-refractivity contribution in [2.75, 3.05) is 7.11 Å². The number of cyclic esters (lactones) is 1. The van der Waals surface area contributed by atoms with Crippen LogP contribution in [-0.2, 0) is 16.1 Å². The second-order valence-corrected chi connectivity index (χ2v) is 8.52. The molecule has 0 atom stereocenters. The van der Waals surface area contributed by atoms with Crippen molar-refractivity contribution < 1.29 is 19.0 Å². The Hall–Kier alpha value is -2.80. The lowest BCUT2D eigenvalue weighted by Crippen LogP contribution is -2.05. The molecule has 8 heteroatoms. The molecule has 0 radical (unpaired) electrons. The average molecular weight is 533 g/mol. The zero-order valence-electron chi connectivity index (χ0n) is 16.8. The van der Waals surface area contributed by atoms with E-state index in [4.69, 9.17) is 37.4 Å². The van der Waals surface area contributed by atoms with Crippen LogP contribution in [0, 0.1) is 0 Å². The zero-order valence-corrected chi connectivity index (χ0v) is 19.9. The predicted molar refractivity (Wildman–Crippen MR) is 129 cm³/mol. The minimum absolute atomic E-state index is 0.203. The van der Waals surface area contributed by atoms with E-state index in [1.165, 1.54) is 0 Å². The Morgan fingerprint density at radius 2 is 1.78 bits per heavy atom. The first-order chi connectivity index (χ1) is 15.4. The van der Waals surface area contributed by atoms with Gasteiger partial charge in [-0.05, 0) is 65.7 Å². The molecule has 0 unspecified atom stereocenters. The quantitative estimate of drug-likeness (QED) is 0.262. The SMILES string of the molecule is COc1cc(/C=C2\N=C(c3ccc(Br)cc3)OC2=O)ccc1OCc1ccc(Cl)c(Cl)c1. The van der Waals surface area contributed by atoms with Gasteiger partial charge in [0.1, 0.15) is 6.61 Å². The van der Waals surface area contributed by atoms with Gasteiger partial charge in [0.15, 0.2) is 17.2 Å². The van der Waals surface area contributed by atoms with Crippen LogP contribution in [0.25, 0.3) is 6.08 Å². The van der Waals surface area contributed by atoms with E-state index in [9.17, 15) is 4.79 Å². The maximum atomic E-state index is 12.3. The highest BCUT2D eigenvalue weighted by atomic mass is 79.9. The fourth-order valence-electron chi connectivity index (χ4n) is 2.97. The molecule has 1 heterocycles. The highest BCUT2D eigenvalue weighted by Crippen LogP contribution is 2.31. The van der Waals surface area contributed by atoms with Crippen LogP contribution >= 0.6 is 39.1 Å². The van der Waals surface area contributed by atoms with Gasteiger partial charge in [0, 0.05) is 10.0 Å². The van der Waals surface area contributed by atoms with Gasteiger partial charge in [0.25, 0.3) is 0 Å². The summed E-state index contributed by atoms with van der Waals surface area (Å²) in [7, 11) is 1.55. The number of methoxy groups -OCH3 is 1. The van der Waals surface area contributed by atoms with E-state index < -0.39 is 5.97 Å². The summed E-state index contributed by atoms with van der Waals surface area (Å²) in [5.74, 6) is 0.820. The van der Waals surface area contributed by atoms with Gasteiger partial charge in [-0.25, -0.2) is 9.79 Å². The number of benzene rings is 3. The first-order valence-corrected chi connectivity index (χ1v) is 11.0. The van der Waals surface area contributed by atoms with Crippen molar-refractivity contribution in [3.8, 4) is 11.5 Å². The monoisotopic (exact) mass is 531 g/mol. The van der Waals surface area contributed by atoms with Gasteiger partial charge in [-0.1, -0.05) is 51.3 Å². The van der Waals surface area contributed by atoms with E-state index in [-0.39, 0.29) is 11.6 Å². The Labute approximate surface area is 203 Å². The molecule has 5 nitrogen and oxygen atoms in total. The summed E-state index contributed by atoms with van der Waals surface area (Å²) >= 11 is 15.4. The van der Waals surface area contributed by atoms with Crippen molar-refractivity contribution in [2.45, 2.75) is 6.61 Å². The van der Waals surface area contributed by atoms with Gasteiger partial charge < -0.3 is 14.2 Å². The molecule has 4 rings (SSSR count). The third kappa shape index (κ3) is 5.15. The zero-order chi connectivity index (χ0) is 22.7. The number of hydrogen-bond acceptors (Lipinski definition) is 5. The minimum Gasteiger partial charge on any atom is -0.493 e. The maximum absolute atomic E-state index is 12.3. The largest absolute Gasteiger partial charge is 0.493 e. The number of carbonyl (C=O) groups is 1. The highest BCUT2D eigenvalue weighted by molar-refractivity contribution is 9.10. The first-order valence-electron chi connectivity index (χ1n) is 9.46. The van der Waals surface area contributed by atoms with Crippen LogP contribution in [0.15, 0.2) is 75.8 Å². The van der Waals surface area contributed by atoms with E-state index in [1.807, 2.05) is 30.3 Å². The van der Waals surface area contributed by atoms with E-state index in [2.05, 4.69) is 20.9 Å².